The first-order valence-corrected chi connectivity index (χ1v) is 6.80. The third-order valence-electron chi connectivity index (χ3n) is 3.47. The van der Waals surface area contributed by atoms with Crippen LogP contribution >= 0.6 is 0 Å². The van der Waals surface area contributed by atoms with Gasteiger partial charge in [0, 0.05) is 22.9 Å². The lowest BCUT2D eigenvalue weighted by molar-refractivity contribution is 0.282. The van der Waals surface area contributed by atoms with Gasteiger partial charge in [0.1, 0.15) is 11.6 Å². The molecule has 3 rings (SSSR count). The number of benzene rings is 2. The van der Waals surface area contributed by atoms with Crippen molar-refractivity contribution in [1.29, 1.82) is 0 Å². The predicted molar refractivity (Wildman–Crippen MR) is 80.9 cm³/mol. The Balaban J connectivity index is 2.13. The van der Waals surface area contributed by atoms with Crippen molar-refractivity contribution in [1.82, 2.24) is 4.98 Å². The van der Waals surface area contributed by atoms with Crippen molar-refractivity contribution < 1.29 is 13.9 Å². The van der Waals surface area contributed by atoms with E-state index >= 15 is 0 Å². The molecule has 110 valence electrons. The molecule has 0 aliphatic heterocycles. The number of hydrogen-bond donors (Lipinski definition) is 1. The van der Waals surface area contributed by atoms with Gasteiger partial charge in [0.15, 0.2) is 0 Å². The minimum Gasteiger partial charge on any atom is -0.392 e. The Morgan fingerprint density at radius 1 is 0.818 bits per heavy atom. The summed E-state index contributed by atoms with van der Waals surface area (Å²) < 4.78 is 27.7. The van der Waals surface area contributed by atoms with Crippen molar-refractivity contribution in [3.63, 3.8) is 0 Å². The minimum absolute atomic E-state index is 0.284. The van der Waals surface area contributed by atoms with Gasteiger partial charge in [-0.05, 0) is 29.8 Å². The van der Waals surface area contributed by atoms with Crippen LogP contribution in [-0.2, 0) is 6.61 Å². The molecule has 0 bridgehead atoms. The van der Waals surface area contributed by atoms with Crippen LogP contribution in [-0.4, -0.2) is 10.1 Å². The molecule has 1 heterocycles. The van der Waals surface area contributed by atoms with Crippen molar-refractivity contribution >= 4 is 0 Å². The molecule has 3 aromatic rings. The van der Waals surface area contributed by atoms with Crippen LogP contribution in [0.4, 0.5) is 8.78 Å². The van der Waals surface area contributed by atoms with E-state index in [2.05, 4.69) is 4.98 Å². The zero-order valence-corrected chi connectivity index (χ0v) is 11.6. The number of aliphatic hydroxyl groups is 1. The van der Waals surface area contributed by atoms with Gasteiger partial charge < -0.3 is 5.11 Å². The summed E-state index contributed by atoms with van der Waals surface area (Å²) in [6.45, 7) is -0.284. The van der Waals surface area contributed by atoms with E-state index in [0.29, 0.717) is 27.9 Å². The molecule has 0 spiro atoms. The number of hydrogen-bond acceptors (Lipinski definition) is 2. The molecular formula is C18H13F2NO. The number of pyridine rings is 1. The van der Waals surface area contributed by atoms with Crippen LogP contribution in [0.15, 0.2) is 60.8 Å². The number of halogens is 2. The smallest absolute Gasteiger partial charge is 0.132 e. The van der Waals surface area contributed by atoms with Crippen LogP contribution in [0.5, 0.6) is 0 Å². The second kappa shape index (κ2) is 6.03. The lowest BCUT2D eigenvalue weighted by Gasteiger charge is -2.11. The Morgan fingerprint density at radius 2 is 1.41 bits per heavy atom. The quantitative estimate of drug-likeness (QED) is 0.786. The van der Waals surface area contributed by atoms with E-state index < -0.39 is 11.6 Å². The Bertz CT molecular complexity index is 818. The molecular weight excluding hydrogens is 284 g/mol. The molecule has 4 heteroatoms. The molecule has 0 unspecified atom stereocenters. The molecule has 1 N–H and O–H groups in total. The maximum absolute atomic E-state index is 13.9. The number of aliphatic hydroxyl groups excluding tert-OH is 1. The maximum atomic E-state index is 13.9. The van der Waals surface area contributed by atoms with Crippen LogP contribution in [0, 0.1) is 11.6 Å². The van der Waals surface area contributed by atoms with Crippen molar-refractivity contribution in [2.24, 2.45) is 0 Å². The Kier molecular flexibility index (Phi) is 3.94. The molecule has 2 aromatic carbocycles. The fourth-order valence-electron chi connectivity index (χ4n) is 2.37. The van der Waals surface area contributed by atoms with Gasteiger partial charge in [-0.1, -0.05) is 30.3 Å². The van der Waals surface area contributed by atoms with Gasteiger partial charge in [-0.25, -0.2) is 8.78 Å². The van der Waals surface area contributed by atoms with Crippen LogP contribution < -0.4 is 0 Å². The van der Waals surface area contributed by atoms with Gasteiger partial charge in [-0.2, -0.15) is 0 Å². The summed E-state index contributed by atoms with van der Waals surface area (Å²) in [6.07, 6.45) is 1.46. The first kappa shape index (κ1) is 14.4. The van der Waals surface area contributed by atoms with E-state index in [-0.39, 0.29) is 6.61 Å². The number of aromatic nitrogens is 1. The fourth-order valence-corrected chi connectivity index (χ4v) is 2.37. The van der Waals surface area contributed by atoms with Gasteiger partial charge in [-0.15, -0.1) is 0 Å². The van der Waals surface area contributed by atoms with Gasteiger partial charge >= 0.3 is 0 Å². The highest BCUT2D eigenvalue weighted by atomic mass is 19.1. The molecule has 0 radical (unpaired) electrons. The molecule has 0 aliphatic carbocycles. The molecule has 1 aromatic heterocycles. The SMILES string of the molecule is OCc1cc(-c2ccccc2F)ncc1-c1ccccc1F. The van der Waals surface area contributed by atoms with E-state index in [1.54, 1.807) is 42.5 Å². The summed E-state index contributed by atoms with van der Waals surface area (Å²) in [6, 6.07) is 14.1. The van der Waals surface area contributed by atoms with Gasteiger partial charge in [0.2, 0.25) is 0 Å². The first-order valence-electron chi connectivity index (χ1n) is 6.80. The standard InChI is InChI=1S/C18H13F2NO/c19-16-7-3-1-5-13(16)15-10-21-18(9-12(15)11-22)14-6-2-4-8-17(14)20/h1-10,22H,11H2. The Hall–Kier alpha value is -2.59. The maximum Gasteiger partial charge on any atom is 0.132 e. The number of nitrogens with zero attached hydrogens (tertiary/aromatic N) is 1. The van der Waals surface area contributed by atoms with Crippen LogP contribution in [0.2, 0.25) is 0 Å². The van der Waals surface area contributed by atoms with E-state index in [9.17, 15) is 13.9 Å². The highest BCUT2D eigenvalue weighted by molar-refractivity contribution is 5.71. The molecule has 0 fully saturated rings. The Labute approximate surface area is 126 Å². The van der Waals surface area contributed by atoms with E-state index in [4.69, 9.17) is 0 Å². The van der Waals surface area contributed by atoms with Gasteiger partial charge in [0.25, 0.3) is 0 Å². The predicted octanol–water partition coefficient (Wildman–Crippen LogP) is 4.19. The minimum atomic E-state index is -0.391. The lowest BCUT2D eigenvalue weighted by atomic mass is 9.99. The highest BCUT2D eigenvalue weighted by Gasteiger charge is 2.13. The van der Waals surface area contributed by atoms with Crippen molar-refractivity contribution in [3.8, 4) is 22.4 Å². The summed E-state index contributed by atoms with van der Waals surface area (Å²) in [7, 11) is 0. The van der Waals surface area contributed by atoms with Crippen molar-refractivity contribution in [2.45, 2.75) is 6.61 Å². The lowest BCUT2D eigenvalue weighted by Crippen LogP contribution is -1.96. The zero-order valence-electron chi connectivity index (χ0n) is 11.6. The molecule has 0 amide bonds. The van der Waals surface area contributed by atoms with E-state index in [0.717, 1.165) is 0 Å². The fraction of sp³-hybridized carbons (Fsp3) is 0.0556. The third kappa shape index (κ3) is 2.61. The van der Waals surface area contributed by atoms with Gasteiger partial charge in [-0.3, -0.25) is 4.98 Å². The second-order valence-electron chi connectivity index (χ2n) is 4.84. The second-order valence-corrected chi connectivity index (χ2v) is 4.84. The summed E-state index contributed by atoms with van der Waals surface area (Å²) >= 11 is 0. The topological polar surface area (TPSA) is 33.1 Å². The monoisotopic (exact) mass is 297 g/mol. The third-order valence-corrected chi connectivity index (χ3v) is 3.47. The number of rotatable bonds is 3. The summed E-state index contributed by atoms with van der Waals surface area (Å²) in [5.41, 5.74) is 2.11. The van der Waals surface area contributed by atoms with Crippen molar-refractivity contribution in [3.05, 3.63) is 78.0 Å². The first-order chi connectivity index (χ1) is 10.7. The van der Waals surface area contributed by atoms with Crippen LogP contribution in [0.3, 0.4) is 0 Å². The zero-order chi connectivity index (χ0) is 15.5. The molecule has 0 saturated carbocycles. The molecule has 0 saturated heterocycles. The highest BCUT2D eigenvalue weighted by Crippen LogP contribution is 2.29. The summed E-state index contributed by atoms with van der Waals surface area (Å²) in [5.74, 6) is -0.782. The molecule has 0 aliphatic rings. The average Bonchev–Trinajstić information content (AvgIpc) is 2.55. The largest absolute Gasteiger partial charge is 0.392 e. The average molecular weight is 297 g/mol. The molecule has 0 atom stereocenters. The molecule has 2 nitrogen and oxygen atoms in total. The van der Waals surface area contributed by atoms with E-state index in [1.807, 2.05) is 0 Å². The van der Waals surface area contributed by atoms with Crippen molar-refractivity contribution in [2.75, 3.05) is 0 Å². The molecule has 22 heavy (non-hydrogen) atoms. The Morgan fingerprint density at radius 3 is 2.00 bits per heavy atom. The van der Waals surface area contributed by atoms with Crippen LogP contribution in [0.25, 0.3) is 22.4 Å². The summed E-state index contributed by atoms with van der Waals surface area (Å²) in [4.78, 5) is 4.22. The van der Waals surface area contributed by atoms with Crippen LogP contribution in [0.1, 0.15) is 5.56 Å². The van der Waals surface area contributed by atoms with Gasteiger partial charge in [0.05, 0.1) is 12.3 Å². The normalized spacial score (nSPS) is 10.7. The summed E-state index contributed by atoms with van der Waals surface area (Å²) in [5, 5.41) is 9.57. The van der Waals surface area contributed by atoms with E-state index in [1.165, 1.54) is 18.3 Å².